The van der Waals surface area contributed by atoms with Crippen molar-refractivity contribution in [3.63, 3.8) is 0 Å². The van der Waals surface area contributed by atoms with Crippen molar-refractivity contribution in [2.75, 3.05) is 30.0 Å². The van der Waals surface area contributed by atoms with Crippen LogP contribution in [0, 0.1) is 16.7 Å². The van der Waals surface area contributed by atoms with Crippen molar-refractivity contribution < 1.29 is 8.42 Å². The molecule has 1 fully saturated rings. The lowest BCUT2D eigenvalue weighted by atomic mass is 9.85. The van der Waals surface area contributed by atoms with Gasteiger partial charge in [-0.25, -0.2) is 8.42 Å². The fourth-order valence-electron chi connectivity index (χ4n) is 2.69. The van der Waals surface area contributed by atoms with E-state index in [9.17, 15) is 8.42 Å². The van der Waals surface area contributed by atoms with Crippen LogP contribution >= 0.6 is 11.3 Å². The zero-order valence-electron chi connectivity index (χ0n) is 12.6. The molecule has 0 amide bonds. The Kier molecular flexibility index (Phi) is 4.22. The van der Waals surface area contributed by atoms with Crippen molar-refractivity contribution in [3.05, 3.63) is 4.88 Å². The Morgan fingerprint density at radius 1 is 1.33 bits per heavy atom. The Morgan fingerprint density at radius 3 is 2.57 bits per heavy atom. The molecule has 1 aliphatic rings. The highest BCUT2D eigenvalue weighted by Gasteiger charge is 2.30. The SMILES string of the molecule is CC1(C)CCCN(c2sc(C#N)c(N)c2S(C)(=O)=O)CC1. The third kappa shape index (κ3) is 3.33. The summed E-state index contributed by atoms with van der Waals surface area (Å²) in [5.74, 6) is 0. The first-order valence-electron chi connectivity index (χ1n) is 6.93. The summed E-state index contributed by atoms with van der Waals surface area (Å²) >= 11 is 1.19. The quantitative estimate of drug-likeness (QED) is 0.902. The van der Waals surface area contributed by atoms with E-state index in [1.165, 1.54) is 11.3 Å². The minimum atomic E-state index is -3.45. The van der Waals surface area contributed by atoms with Crippen LogP contribution in [0.25, 0.3) is 0 Å². The first-order chi connectivity index (χ1) is 9.65. The van der Waals surface area contributed by atoms with Gasteiger partial charge in [0.15, 0.2) is 9.84 Å². The third-order valence-electron chi connectivity index (χ3n) is 3.98. The van der Waals surface area contributed by atoms with Gasteiger partial charge in [0.1, 0.15) is 20.8 Å². The van der Waals surface area contributed by atoms with Gasteiger partial charge in [-0.05, 0) is 24.7 Å². The Bertz CT molecular complexity index is 684. The summed E-state index contributed by atoms with van der Waals surface area (Å²) in [4.78, 5) is 2.49. The van der Waals surface area contributed by atoms with Crippen LogP contribution in [0.1, 0.15) is 38.0 Å². The molecule has 2 rings (SSSR count). The number of hydrogen-bond acceptors (Lipinski definition) is 6. The second-order valence-corrected chi connectivity index (χ2v) is 9.32. The Morgan fingerprint density at radius 2 is 2.00 bits per heavy atom. The number of nitrogens with two attached hydrogens (primary N) is 1. The van der Waals surface area contributed by atoms with Gasteiger partial charge in [0.05, 0.1) is 5.69 Å². The molecule has 0 bridgehead atoms. The molecule has 1 aromatic rings. The second kappa shape index (κ2) is 5.50. The number of nitrogens with zero attached hydrogens (tertiary/aromatic N) is 2. The largest absolute Gasteiger partial charge is 0.396 e. The molecule has 0 atom stereocenters. The molecule has 0 saturated carbocycles. The lowest BCUT2D eigenvalue weighted by Crippen LogP contribution is -2.25. The monoisotopic (exact) mass is 327 g/mol. The fourth-order valence-corrected chi connectivity index (χ4v) is 5.25. The molecule has 2 heterocycles. The lowest BCUT2D eigenvalue weighted by molar-refractivity contribution is 0.325. The second-order valence-electron chi connectivity index (χ2n) is 6.37. The van der Waals surface area contributed by atoms with E-state index in [1.54, 1.807) is 0 Å². The first kappa shape index (κ1) is 16.1. The highest BCUT2D eigenvalue weighted by atomic mass is 32.2. The molecule has 7 heteroatoms. The van der Waals surface area contributed by atoms with Crippen molar-refractivity contribution in [1.29, 1.82) is 5.26 Å². The van der Waals surface area contributed by atoms with Gasteiger partial charge >= 0.3 is 0 Å². The van der Waals surface area contributed by atoms with Crippen LogP contribution in [0.4, 0.5) is 10.7 Å². The number of anilines is 2. The van der Waals surface area contributed by atoms with Crippen molar-refractivity contribution >= 4 is 31.9 Å². The Labute approximate surface area is 130 Å². The van der Waals surface area contributed by atoms with Crippen LogP contribution in [-0.4, -0.2) is 27.8 Å². The van der Waals surface area contributed by atoms with Gasteiger partial charge in [0.25, 0.3) is 0 Å². The van der Waals surface area contributed by atoms with Crippen molar-refractivity contribution in [2.45, 2.75) is 38.0 Å². The normalized spacial score (nSPS) is 19.0. The number of thiophene rings is 1. The predicted molar refractivity (Wildman–Crippen MR) is 86.4 cm³/mol. The third-order valence-corrected chi connectivity index (χ3v) is 6.44. The van der Waals surface area contributed by atoms with Crippen molar-refractivity contribution in [3.8, 4) is 6.07 Å². The van der Waals surface area contributed by atoms with Crippen molar-refractivity contribution in [1.82, 2.24) is 0 Å². The van der Waals surface area contributed by atoms with E-state index >= 15 is 0 Å². The molecular formula is C14H21N3O2S2. The average Bonchev–Trinajstić information content (AvgIpc) is 2.59. The van der Waals surface area contributed by atoms with Gasteiger partial charge in [0.2, 0.25) is 0 Å². The van der Waals surface area contributed by atoms with E-state index in [-0.39, 0.29) is 20.9 Å². The molecule has 1 aliphatic heterocycles. The van der Waals surface area contributed by atoms with Gasteiger partial charge in [-0.3, -0.25) is 0 Å². The van der Waals surface area contributed by atoms with E-state index in [0.29, 0.717) is 5.00 Å². The standard InChI is InChI=1S/C14H21N3O2S2/c1-14(2)5-4-7-17(8-6-14)13-12(21(3,18)19)11(16)10(9-15)20-13/h4-8,16H2,1-3H3. The van der Waals surface area contributed by atoms with Gasteiger partial charge in [-0.15, -0.1) is 11.3 Å². The van der Waals surface area contributed by atoms with Gasteiger partial charge in [-0.1, -0.05) is 13.8 Å². The Balaban J connectivity index is 2.47. The lowest BCUT2D eigenvalue weighted by Gasteiger charge is -2.24. The summed E-state index contributed by atoms with van der Waals surface area (Å²) in [5, 5.41) is 9.75. The summed E-state index contributed by atoms with van der Waals surface area (Å²) in [7, 11) is -3.45. The maximum atomic E-state index is 12.1. The number of rotatable bonds is 2. The zero-order chi connectivity index (χ0) is 15.8. The van der Waals surface area contributed by atoms with E-state index in [0.717, 1.165) is 38.6 Å². The van der Waals surface area contributed by atoms with Crippen LogP contribution in [0.15, 0.2) is 4.90 Å². The van der Waals surface area contributed by atoms with Crippen LogP contribution in [0.2, 0.25) is 0 Å². The van der Waals surface area contributed by atoms with E-state index < -0.39 is 9.84 Å². The molecule has 0 unspecified atom stereocenters. The maximum absolute atomic E-state index is 12.1. The van der Waals surface area contributed by atoms with Crippen LogP contribution in [0.3, 0.4) is 0 Å². The molecule has 2 N–H and O–H groups in total. The topological polar surface area (TPSA) is 87.2 Å². The molecule has 1 aromatic heterocycles. The van der Waals surface area contributed by atoms with E-state index in [4.69, 9.17) is 11.0 Å². The molecule has 116 valence electrons. The first-order valence-corrected chi connectivity index (χ1v) is 9.64. The molecule has 0 aromatic carbocycles. The highest BCUT2D eigenvalue weighted by Crippen LogP contribution is 2.43. The molecule has 0 spiro atoms. The van der Waals surface area contributed by atoms with Crippen LogP contribution in [0.5, 0.6) is 0 Å². The average molecular weight is 327 g/mol. The van der Waals surface area contributed by atoms with Crippen LogP contribution < -0.4 is 10.6 Å². The summed E-state index contributed by atoms with van der Waals surface area (Å²) in [6.45, 7) is 6.06. The van der Waals surface area contributed by atoms with Gasteiger partial charge in [-0.2, -0.15) is 5.26 Å². The molecule has 21 heavy (non-hydrogen) atoms. The minimum Gasteiger partial charge on any atom is -0.396 e. The fraction of sp³-hybridized carbons (Fsp3) is 0.643. The van der Waals surface area contributed by atoms with Gasteiger partial charge in [0, 0.05) is 19.3 Å². The number of hydrogen-bond donors (Lipinski definition) is 1. The van der Waals surface area contributed by atoms with Crippen molar-refractivity contribution in [2.24, 2.45) is 5.41 Å². The Hall–Kier alpha value is -1.26. The van der Waals surface area contributed by atoms with E-state index in [1.807, 2.05) is 6.07 Å². The number of sulfone groups is 1. The zero-order valence-corrected chi connectivity index (χ0v) is 14.3. The van der Waals surface area contributed by atoms with Gasteiger partial charge < -0.3 is 10.6 Å². The summed E-state index contributed by atoms with van der Waals surface area (Å²) in [6.07, 6.45) is 4.27. The molecular weight excluding hydrogens is 306 g/mol. The van der Waals surface area contributed by atoms with Crippen LogP contribution in [-0.2, 0) is 9.84 Å². The maximum Gasteiger partial charge on any atom is 0.180 e. The minimum absolute atomic E-state index is 0.100. The highest BCUT2D eigenvalue weighted by molar-refractivity contribution is 7.91. The summed E-state index contributed by atoms with van der Waals surface area (Å²) in [5.41, 5.74) is 6.25. The van der Waals surface area contributed by atoms with E-state index in [2.05, 4.69) is 18.7 Å². The molecule has 1 saturated heterocycles. The number of nitriles is 1. The molecule has 0 aliphatic carbocycles. The summed E-state index contributed by atoms with van der Waals surface area (Å²) < 4.78 is 24.1. The summed E-state index contributed by atoms with van der Waals surface area (Å²) in [6, 6.07) is 2.00. The molecule has 0 radical (unpaired) electrons. The number of nitrogen functional groups attached to an aromatic ring is 1. The smallest absolute Gasteiger partial charge is 0.180 e. The predicted octanol–water partition coefficient (Wildman–Crippen LogP) is 2.62. The molecule has 5 nitrogen and oxygen atoms in total.